The first-order valence-electron chi connectivity index (χ1n) is 24.3. The van der Waals surface area contributed by atoms with Gasteiger partial charge < -0.3 is 50.2 Å². The third kappa shape index (κ3) is 23.3. The Hall–Kier alpha value is -3.17. The number of hydrogen-bond donors (Lipinski definition) is 7. The van der Waals surface area contributed by atoms with Crippen LogP contribution in [0.25, 0.3) is 0 Å². The van der Waals surface area contributed by atoms with Crippen molar-refractivity contribution < 1.29 is 81.3 Å². The van der Waals surface area contributed by atoms with Crippen LogP contribution in [0, 0.1) is 17.8 Å². The van der Waals surface area contributed by atoms with Crippen molar-refractivity contribution in [3.05, 3.63) is 47.1 Å². The van der Waals surface area contributed by atoms with E-state index in [0.717, 1.165) is 49.3 Å². The molecule has 1 aromatic heterocycles. The Bertz CT molecular complexity index is 1930. The molecule has 2 aliphatic heterocycles. The van der Waals surface area contributed by atoms with Gasteiger partial charge in [-0.05, 0) is 44.1 Å². The molecule has 2 unspecified atom stereocenters. The number of anilines is 1. The minimum absolute atomic E-state index is 0.0769. The number of aliphatic hydroxyl groups excluding tert-OH is 4. The van der Waals surface area contributed by atoms with Gasteiger partial charge in [0.1, 0.15) is 36.6 Å². The lowest BCUT2D eigenvalue weighted by Gasteiger charge is -2.39. The summed E-state index contributed by atoms with van der Waals surface area (Å²) in [6, 6.07) is 1.23. The number of carbonyl (C=O) groups is 3. The number of nitrogens with two attached hydrogens (primary N) is 1. The number of fused-ring (bicyclic) bond motifs is 3. The highest BCUT2D eigenvalue weighted by Gasteiger charge is 2.45. The van der Waals surface area contributed by atoms with E-state index in [9.17, 15) is 58.5 Å². The van der Waals surface area contributed by atoms with Crippen molar-refractivity contribution >= 4 is 39.2 Å². The third-order valence-corrected chi connectivity index (χ3v) is 14.4. The number of Topliss-reactive ketones (excluding diaryl/α,β-unsaturated/α-hetero) is 1. The van der Waals surface area contributed by atoms with E-state index < -0.39 is 120 Å². The molecule has 394 valence electrons. The van der Waals surface area contributed by atoms with E-state index >= 15 is 0 Å². The average molecular weight is 1020 g/mol. The van der Waals surface area contributed by atoms with Gasteiger partial charge in [0.25, 0.3) is 0 Å². The van der Waals surface area contributed by atoms with E-state index in [2.05, 4.69) is 23.1 Å². The summed E-state index contributed by atoms with van der Waals surface area (Å²) in [6.45, 7) is 3.66. The predicted molar refractivity (Wildman–Crippen MR) is 253 cm³/mol. The first kappa shape index (κ1) is 60.1. The Kier molecular flexibility index (Phi) is 27.3. The summed E-state index contributed by atoms with van der Waals surface area (Å²) in [7, 11) is -11.3. The van der Waals surface area contributed by atoms with Crippen molar-refractivity contribution in [2.24, 2.45) is 17.8 Å². The molecule has 8 N–H and O–H groups in total. The highest BCUT2D eigenvalue weighted by Crippen LogP contribution is 2.60. The lowest BCUT2D eigenvalue weighted by atomic mass is 9.83. The number of phosphoric ester groups is 2. The Morgan fingerprint density at radius 1 is 0.928 bits per heavy atom. The van der Waals surface area contributed by atoms with E-state index in [1.54, 1.807) is 12.2 Å². The number of esters is 2. The van der Waals surface area contributed by atoms with Crippen LogP contribution >= 0.6 is 15.6 Å². The first-order chi connectivity index (χ1) is 32.7. The molecule has 23 heteroatoms. The highest BCUT2D eigenvalue weighted by atomic mass is 31.3. The Morgan fingerprint density at radius 2 is 1.58 bits per heavy atom. The molecule has 0 aromatic carbocycles. The smallest absolute Gasteiger partial charge is 0.462 e. The number of aromatic nitrogens is 2. The highest BCUT2D eigenvalue weighted by molar-refractivity contribution is 7.61. The minimum atomic E-state index is -5.71. The van der Waals surface area contributed by atoms with E-state index in [0.29, 0.717) is 25.2 Å². The molecule has 3 rings (SSSR count). The number of cyclic esters (lactones) is 1. The van der Waals surface area contributed by atoms with E-state index in [-0.39, 0.29) is 37.9 Å². The number of ketones is 1. The number of nitrogen functional groups attached to an aromatic ring is 1. The topological polar surface area (TPSA) is 323 Å². The van der Waals surface area contributed by atoms with Gasteiger partial charge >= 0.3 is 33.3 Å². The van der Waals surface area contributed by atoms with Crippen LogP contribution in [0.4, 0.5) is 5.82 Å². The predicted octanol–water partition coefficient (Wildman–Crippen LogP) is 5.89. The molecule has 2 bridgehead atoms. The van der Waals surface area contributed by atoms with E-state index in [4.69, 9.17) is 29.0 Å². The van der Waals surface area contributed by atoms with E-state index in [1.807, 2.05) is 6.92 Å². The molecule has 69 heavy (non-hydrogen) atoms. The van der Waals surface area contributed by atoms with Gasteiger partial charge in [0.2, 0.25) is 0 Å². The van der Waals surface area contributed by atoms with Crippen LogP contribution in [0.2, 0.25) is 0 Å². The number of carbonyl (C=O) groups excluding carboxylic acids is 3. The van der Waals surface area contributed by atoms with Crippen LogP contribution in [0.5, 0.6) is 0 Å². The molecule has 3 heterocycles. The number of unbranched alkanes of at least 4 members (excludes halogenated alkanes) is 9. The van der Waals surface area contributed by atoms with Crippen molar-refractivity contribution in [1.82, 2.24) is 9.55 Å². The van der Waals surface area contributed by atoms with Crippen molar-refractivity contribution in [3.63, 3.8) is 0 Å². The third-order valence-electron chi connectivity index (χ3n) is 11.8. The molecule has 0 saturated carbocycles. The second kappa shape index (κ2) is 31.3. The zero-order valence-corrected chi connectivity index (χ0v) is 42.0. The van der Waals surface area contributed by atoms with Crippen LogP contribution in [-0.4, -0.2) is 114 Å². The number of allylic oxidation sites excluding steroid dienone is 2. The molecule has 1 fully saturated rings. The van der Waals surface area contributed by atoms with Gasteiger partial charge in [0.05, 0.1) is 37.4 Å². The molecule has 0 amide bonds. The van der Waals surface area contributed by atoms with Gasteiger partial charge in [-0.3, -0.25) is 28.0 Å². The quantitative estimate of drug-likeness (QED) is 0.0346. The number of hydrogen-bond acceptors (Lipinski definition) is 18. The summed E-state index contributed by atoms with van der Waals surface area (Å²) in [5.74, 6) is -4.50. The monoisotopic (exact) mass is 1020 g/mol. The van der Waals surface area contributed by atoms with Crippen LogP contribution < -0.4 is 11.4 Å². The summed E-state index contributed by atoms with van der Waals surface area (Å²) in [5, 5.41) is 45.6. The molecule has 1 aromatic rings. The maximum absolute atomic E-state index is 13.9. The SMILES string of the molecule is CCCCC[C@H](O)C=C[C@H]1C(=O)C[C@H](O)[C@@H]2CC=CCCCC(=O)O[C@H](COC(=O)CCCCCCCCCCC(C)C)COP(=O)(O)OP(=O)(O)OC[C@@H](O[C@H]2n2ccc(N)nc2=O)[C@@H](O)[C@H]1O. The number of nitrogens with zero attached hydrogens (tertiary/aromatic N) is 2. The molecule has 0 radical (unpaired) electrons. The van der Waals surface area contributed by atoms with Crippen LogP contribution in [-0.2, 0) is 51.1 Å². The molecule has 1 saturated heterocycles. The lowest BCUT2D eigenvalue weighted by Crippen LogP contribution is -2.51. The fraction of sp³-hybridized carbons (Fsp3) is 0.761. The van der Waals surface area contributed by atoms with Gasteiger partial charge in [0.15, 0.2) is 6.10 Å². The maximum atomic E-state index is 13.9. The Balaban J connectivity index is 1.87. The largest absolute Gasteiger partial charge is 0.481 e. The summed E-state index contributed by atoms with van der Waals surface area (Å²) in [5.41, 5.74) is 4.73. The van der Waals surface area contributed by atoms with Crippen LogP contribution in [0.3, 0.4) is 0 Å². The molecular weight excluding hydrogens is 944 g/mol. The van der Waals surface area contributed by atoms with Crippen LogP contribution in [0.1, 0.15) is 149 Å². The molecule has 11 atom stereocenters. The maximum Gasteiger partial charge on any atom is 0.481 e. The van der Waals surface area contributed by atoms with E-state index in [1.165, 1.54) is 43.9 Å². The number of aliphatic hydroxyl groups is 4. The molecule has 2 aliphatic rings. The van der Waals surface area contributed by atoms with Crippen molar-refractivity contribution in [1.29, 1.82) is 0 Å². The van der Waals surface area contributed by atoms with Gasteiger partial charge in [-0.25, -0.2) is 13.9 Å². The normalized spacial score (nSPS) is 30.0. The lowest BCUT2D eigenvalue weighted by molar-refractivity contribution is -0.186. The van der Waals surface area contributed by atoms with Gasteiger partial charge in [-0.2, -0.15) is 9.29 Å². The summed E-state index contributed by atoms with van der Waals surface area (Å²) in [4.78, 5) is 77.8. The standard InChI is InChI=1S/C46H77N3O18P2/c1-4-5-14-20-33(50)24-25-35-37(51)28-38(52)36-21-16-12-13-18-23-42(54)65-34(29-62-41(53)22-17-11-9-7-6-8-10-15-19-32(2)3)30-63-68(58,59)67-69(60,61)64-31-39(44(56)43(35)55)66-45(36)49-27-26-40(47)48-46(49)57/h12,16,24-27,32-36,38-39,43-45,50,52,55-56H,4-11,13-15,17-23,28-31H2,1-3H3,(H,58,59)(H,60,61)(H2,47,48,57)/t33-,34+,35-,36-,38-,39+,43-,44+,45+/m0/s1. The van der Waals surface area contributed by atoms with Crippen molar-refractivity contribution in [2.75, 3.05) is 25.6 Å². The zero-order chi connectivity index (χ0) is 51.0. The second-order valence-corrected chi connectivity index (χ2v) is 21.3. The van der Waals surface area contributed by atoms with Gasteiger partial charge in [-0.15, -0.1) is 0 Å². The summed E-state index contributed by atoms with van der Waals surface area (Å²) >= 11 is 0. The number of rotatable bonds is 20. The minimum Gasteiger partial charge on any atom is -0.462 e. The molecule has 0 spiro atoms. The summed E-state index contributed by atoms with van der Waals surface area (Å²) < 4.78 is 58.7. The first-order valence-corrected chi connectivity index (χ1v) is 27.3. The Morgan fingerprint density at radius 3 is 2.25 bits per heavy atom. The number of phosphoric acid groups is 2. The summed E-state index contributed by atoms with van der Waals surface area (Å²) in [6.07, 6.45) is 6.42. The second-order valence-electron chi connectivity index (χ2n) is 18.2. The average Bonchev–Trinajstić information content (AvgIpc) is 3.27. The van der Waals surface area contributed by atoms with Crippen molar-refractivity contribution in [3.8, 4) is 0 Å². The fourth-order valence-electron chi connectivity index (χ4n) is 7.90. The molecular formula is C46H77N3O18P2. The van der Waals surface area contributed by atoms with Gasteiger partial charge in [-0.1, -0.05) is 116 Å². The van der Waals surface area contributed by atoms with Gasteiger partial charge in [0, 0.05) is 31.4 Å². The van der Waals surface area contributed by atoms with Crippen molar-refractivity contribution in [2.45, 2.75) is 186 Å². The molecule has 0 aliphatic carbocycles. The van der Waals surface area contributed by atoms with Crippen LogP contribution in [0.15, 0.2) is 41.4 Å². The zero-order valence-electron chi connectivity index (χ0n) is 40.2. The Labute approximate surface area is 405 Å². The fourth-order valence-corrected chi connectivity index (χ4v) is 10.0. The number of ether oxygens (including phenoxy) is 3. The molecule has 21 nitrogen and oxygen atoms in total.